The highest BCUT2D eigenvalue weighted by Gasteiger charge is 2.20. The number of anilines is 2. The van der Waals surface area contributed by atoms with Gasteiger partial charge in [-0.2, -0.15) is 0 Å². The zero-order chi connectivity index (χ0) is 22.2. The second kappa shape index (κ2) is 10.5. The molecule has 3 rings (SSSR count). The molecular weight excluding hydrogens is 402 g/mol. The van der Waals surface area contributed by atoms with E-state index in [1.165, 1.54) is 14.2 Å². The number of carbonyl (C=O) groups is 2. The molecule has 1 aliphatic heterocycles. The molecule has 0 bridgehead atoms. The van der Waals surface area contributed by atoms with Gasteiger partial charge >= 0.3 is 5.97 Å². The van der Waals surface area contributed by atoms with Gasteiger partial charge in [0.1, 0.15) is 0 Å². The third-order valence-electron chi connectivity index (χ3n) is 4.85. The Labute approximate surface area is 181 Å². The standard InChI is InChI=1S/C22H27N3O6/c1-28-20-11-15(3-6-19(20)31-14-21(23)26)13-24-16-4-5-18(17(12-16)22(27)29-2)25-7-9-30-10-8-25/h3-6,11-12,24H,7-10,13-14H2,1-2H3,(H2,23,26). The molecule has 31 heavy (non-hydrogen) atoms. The lowest BCUT2D eigenvalue weighted by Crippen LogP contribution is -2.37. The number of hydrogen-bond acceptors (Lipinski definition) is 8. The third kappa shape index (κ3) is 5.79. The van der Waals surface area contributed by atoms with Gasteiger partial charge in [-0.25, -0.2) is 4.79 Å². The molecule has 0 saturated carbocycles. The molecule has 0 aliphatic carbocycles. The molecule has 1 fully saturated rings. The van der Waals surface area contributed by atoms with E-state index in [1.54, 1.807) is 12.1 Å². The fraction of sp³-hybridized carbons (Fsp3) is 0.364. The van der Waals surface area contributed by atoms with E-state index in [0.29, 0.717) is 36.8 Å². The van der Waals surface area contributed by atoms with E-state index in [1.807, 2.05) is 24.3 Å². The van der Waals surface area contributed by atoms with E-state index in [2.05, 4.69) is 10.2 Å². The fourth-order valence-corrected chi connectivity index (χ4v) is 3.29. The molecule has 1 amide bonds. The van der Waals surface area contributed by atoms with E-state index in [9.17, 15) is 9.59 Å². The van der Waals surface area contributed by atoms with Crippen LogP contribution in [-0.4, -0.2) is 59.0 Å². The van der Waals surface area contributed by atoms with Crippen LogP contribution in [0.1, 0.15) is 15.9 Å². The zero-order valence-electron chi connectivity index (χ0n) is 17.7. The fourth-order valence-electron chi connectivity index (χ4n) is 3.29. The van der Waals surface area contributed by atoms with Crippen LogP contribution >= 0.6 is 0 Å². The summed E-state index contributed by atoms with van der Waals surface area (Å²) in [6.07, 6.45) is 0. The first-order chi connectivity index (χ1) is 15.0. The highest BCUT2D eigenvalue weighted by molar-refractivity contribution is 5.97. The normalized spacial score (nSPS) is 13.4. The number of nitrogens with two attached hydrogens (primary N) is 1. The molecule has 1 saturated heterocycles. The first-order valence-electron chi connectivity index (χ1n) is 9.88. The molecule has 0 radical (unpaired) electrons. The van der Waals surface area contributed by atoms with E-state index in [4.69, 9.17) is 24.7 Å². The number of morpholine rings is 1. The Morgan fingerprint density at radius 1 is 1.10 bits per heavy atom. The summed E-state index contributed by atoms with van der Waals surface area (Å²) in [6, 6.07) is 11.0. The molecule has 9 nitrogen and oxygen atoms in total. The van der Waals surface area contributed by atoms with Gasteiger partial charge in [0.25, 0.3) is 5.91 Å². The summed E-state index contributed by atoms with van der Waals surface area (Å²) < 4.78 is 21.1. The molecule has 0 atom stereocenters. The van der Waals surface area contributed by atoms with Crippen LogP contribution in [0.15, 0.2) is 36.4 Å². The van der Waals surface area contributed by atoms with Crippen molar-refractivity contribution in [2.45, 2.75) is 6.54 Å². The van der Waals surface area contributed by atoms with Crippen molar-refractivity contribution in [1.82, 2.24) is 0 Å². The van der Waals surface area contributed by atoms with Gasteiger partial charge in [0.15, 0.2) is 18.1 Å². The second-order valence-electron chi connectivity index (χ2n) is 6.92. The molecule has 3 N–H and O–H groups in total. The lowest BCUT2D eigenvalue weighted by molar-refractivity contribution is -0.119. The number of ether oxygens (including phenoxy) is 4. The number of nitrogens with one attached hydrogen (secondary N) is 1. The topological polar surface area (TPSA) is 112 Å². The van der Waals surface area contributed by atoms with Crippen molar-refractivity contribution in [3.63, 3.8) is 0 Å². The van der Waals surface area contributed by atoms with Crippen LogP contribution in [0.4, 0.5) is 11.4 Å². The van der Waals surface area contributed by atoms with E-state index in [-0.39, 0.29) is 12.6 Å². The summed E-state index contributed by atoms with van der Waals surface area (Å²) >= 11 is 0. The van der Waals surface area contributed by atoms with Crippen molar-refractivity contribution < 1.29 is 28.5 Å². The highest BCUT2D eigenvalue weighted by Crippen LogP contribution is 2.29. The van der Waals surface area contributed by atoms with Gasteiger partial charge in [-0.3, -0.25) is 4.79 Å². The Bertz CT molecular complexity index is 927. The van der Waals surface area contributed by atoms with Crippen LogP contribution in [0.2, 0.25) is 0 Å². The van der Waals surface area contributed by atoms with Crippen LogP contribution in [0.5, 0.6) is 11.5 Å². The molecule has 9 heteroatoms. The van der Waals surface area contributed by atoms with Gasteiger partial charge in [-0.15, -0.1) is 0 Å². The summed E-state index contributed by atoms with van der Waals surface area (Å²) in [5, 5.41) is 3.31. The van der Waals surface area contributed by atoms with Crippen molar-refractivity contribution in [2.24, 2.45) is 5.73 Å². The van der Waals surface area contributed by atoms with Gasteiger partial charge in [-0.1, -0.05) is 6.07 Å². The summed E-state index contributed by atoms with van der Waals surface area (Å²) in [6.45, 7) is 2.97. The lowest BCUT2D eigenvalue weighted by Gasteiger charge is -2.30. The maximum absolute atomic E-state index is 12.4. The van der Waals surface area contributed by atoms with Gasteiger partial charge < -0.3 is 34.9 Å². The smallest absolute Gasteiger partial charge is 0.340 e. The Morgan fingerprint density at radius 3 is 2.55 bits per heavy atom. The largest absolute Gasteiger partial charge is 0.493 e. The molecule has 2 aromatic rings. The van der Waals surface area contributed by atoms with Gasteiger partial charge in [0.05, 0.1) is 38.7 Å². The Balaban J connectivity index is 1.73. The number of methoxy groups -OCH3 is 2. The number of carbonyl (C=O) groups excluding carboxylic acids is 2. The SMILES string of the molecule is COC(=O)c1cc(NCc2ccc(OCC(N)=O)c(OC)c2)ccc1N1CCOCC1. The zero-order valence-corrected chi connectivity index (χ0v) is 17.7. The maximum atomic E-state index is 12.4. The average Bonchev–Trinajstić information content (AvgIpc) is 2.81. The second-order valence-corrected chi connectivity index (χ2v) is 6.92. The van der Waals surface area contributed by atoms with Crippen LogP contribution < -0.4 is 25.4 Å². The van der Waals surface area contributed by atoms with Crippen molar-refractivity contribution >= 4 is 23.3 Å². The molecule has 1 aliphatic rings. The van der Waals surface area contributed by atoms with Crippen LogP contribution in [-0.2, 0) is 20.8 Å². The van der Waals surface area contributed by atoms with E-state index < -0.39 is 5.91 Å². The van der Waals surface area contributed by atoms with Crippen molar-refractivity contribution in [1.29, 1.82) is 0 Å². The molecule has 0 aromatic heterocycles. The maximum Gasteiger partial charge on any atom is 0.340 e. The minimum Gasteiger partial charge on any atom is -0.493 e. The molecular formula is C22H27N3O6. The Kier molecular flexibility index (Phi) is 7.55. The van der Waals surface area contributed by atoms with Crippen LogP contribution in [0, 0.1) is 0 Å². The van der Waals surface area contributed by atoms with Gasteiger partial charge in [-0.05, 0) is 35.9 Å². The summed E-state index contributed by atoms with van der Waals surface area (Å²) in [5.41, 5.74) is 8.17. The Hall–Kier alpha value is -3.46. The number of primary amides is 1. The number of rotatable bonds is 9. The van der Waals surface area contributed by atoms with Crippen molar-refractivity contribution in [3.8, 4) is 11.5 Å². The average molecular weight is 429 g/mol. The minimum atomic E-state index is -0.560. The van der Waals surface area contributed by atoms with Gasteiger partial charge in [0.2, 0.25) is 0 Å². The molecule has 0 unspecified atom stereocenters. The molecule has 1 heterocycles. The van der Waals surface area contributed by atoms with Crippen LogP contribution in [0.3, 0.4) is 0 Å². The van der Waals surface area contributed by atoms with E-state index >= 15 is 0 Å². The first-order valence-corrected chi connectivity index (χ1v) is 9.88. The molecule has 166 valence electrons. The predicted octanol–water partition coefficient (Wildman–Crippen LogP) is 1.79. The van der Waals surface area contributed by atoms with Crippen molar-refractivity contribution in [3.05, 3.63) is 47.5 Å². The quantitative estimate of drug-likeness (QED) is 0.581. The van der Waals surface area contributed by atoms with Crippen LogP contribution in [0.25, 0.3) is 0 Å². The predicted molar refractivity (Wildman–Crippen MR) is 116 cm³/mol. The summed E-state index contributed by atoms with van der Waals surface area (Å²) in [5.74, 6) is -0.0103. The number of benzene rings is 2. The number of amides is 1. The first kappa shape index (κ1) is 22.2. The highest BCUT2D eigenvalue weighted by atomic mass is 16.5. The lowest BCUT2D eigenvalue weighted by atomic mass is 10.1. The summed E-state index contributed by atoms with van der Waals surface area (Å²) in [7, 11) is 2.90. The number of nitrogens with zero attached hydrogens (tertiary/aromatic N) is 1. The molecule has 2 aromatic carbocycles. The van der Waals surface area contributed by atoms with Crippen molar-refractivity contribution in [2.75, 3.05) is 57.3 Å². The Morgan fingerprint density at radius 2 is 1.87 bits per heavy atom. The minimum absolute atomic E-state index is 0.222. The number of esters is 1. The van der Waals surface area contributed by atoms with E-state index in [0.717, 1.165) is 30.0 Å². The molecule has 0 spiro atoms. The third-order valence-corrected chi connectivity index (χ3v) is 4.85. The summed E-state index contributed by atoms with van der Waals surface area (Å²) in [4.78, 5) is 25.4. The monoisotopic (exact) mass is 429 g/mol. The van der Waals surface area contributed by atoms with Gasteiger partial charge in [0, 0.05) is 25.3 Å². The number of hydrogen-bond donors (Lipinski definition) is 2.